The molecule has 1 aliphatic heterocycles. The Balaban J connectivity index is 0.00000280. The highest BCUT2D eigenvalue weighted by Gasteiger charge is 2.16. The van der Waals surface area contributed by atoms with Crippen LogP contribution in [0.5, 0.6) is 0 Å². The van der Waals surface area contributed by atoms with Gasteiger partial charge in [0.2, 0.25) is 0 Å². The fraction of sp³-hybridized carbons (Fsp3) is 0.500. The molecule has 2 aromatic rings. The Morgan fingerprint density at radius 1 is 1.21 bits per heavy atom. The average Bonchev–Trinajstić information content (AvgIpc) is 3.04. The third-order valence-electron chi connectivity index (χ3n) is 4.67. The van der Waals surface area contributed by atoms with Crippen molar-refractivity contribution in [1.29, 1.82) is 0 Å². The Labute approximate surface area is 183 Å². The lowest BCUT2D eigenvalue weighted by molar-refractivity contribution is 0.504. The number of aromatic nitrogens is 3. The maximum Gasteiger partial charge on any atom is 0.191 e. The molecule has 8 nitrogen and oxygen atoms in total. The van der Waals surface area contributed by atoms with E-state index in [1.54, 1.807) is 20.0 Å². The minimum absolute atomic E-state index is 0. The third-order valence-corrected chi connectivity index (χ3v) is 5.93. The van der Waals surface area contributed by atoms with Gasteiger partial charge in [-0.2, -0.15) is 0 Å². The van der Waals surface area contributed by atoms with Gasteiger partial charge in [0, 0.05) is 32.8 Å². The van der Waals surface area contributed by atoms with Crippen LogP contribution in [0.4, 0.5) is 0 Å². The van der Waals surface area contributed by atoms with Gasteiger partial charge in [-0.15, -0.1) is 34.2 Å². The number of nitrogens with zero attached hydrogens (tertiary/aromatic N) is 4. The van der Waals surface area contributed by atoms with Crippen LogP contribution in [-0.4, -0.2) is 42.4 Å². The van der Waals surface area contributed by atoms with Crippen molar-refractivity contribution in [1.82, 2.24) is 25.4 Å². The van der Waals surface area contributed by atoms with Crippen LogP contribution in [0, 0.1) is 6.92 Å². The Kier molecular flexibility index (Phi) is 7.81. The van der Waals surface area contributed by atoms with E-state index in [4.69, 9.17) is 0 Å². The summed E-state index contributed by atoms with van der Waals surface area (Å²) < 4.78 is 25.6. The standard InChI is InChI=1S/C18H26N6O2S.HI/c1-13-10-14(7-8-15(13)27(3,25)26)11-20-18(19-2)21-12-17-23-22-16-6-4-5-9-24(16)17;/h7-8,10H,4-6,9,11-12H2,1-3H3,(H2,19,20,21);1H. The van der Waals surface area contributed by atoms with Crippen LogP contribution < -0.4 is 10.6 Å². The fourth-order valence-electron chi connectivity index (χ4n) is 3.31. The monoisotopic (exact) mass is 518 g/mol. The zero-order valence-electron chi connectivity index (χ0n) is 16.4. The molecule has 0 aliphatic carbocycles. The SMILES string of the molecule is CN=C(NCc1ccc(S(C)(=O)=O)c(C)c1)NCc1nnc2n1CCCC2.I. The highest BCUT2D eigenvalue weighted by Crippen LogP contribution is 2.16. The van der Waals surface area contributed by atoms with Gasteiger partial charge in [-0.25, -0.2) is 8.42 Å². The molecule has 0 radical (unpaired) electrons. The topological polar surface area (TPSA) is 101 Å². The van der Waals surface area contributed by atoms with Gasteiger partial charge in [0.25, 0.3) is 0 Å². The number of fused-ring (bicyclic) bond motifs is 1. The molecule has 0 fully saturated rings. The van der Waals surface area contributed by atoms with Crippen LogP contribution in [0.25, 0.3) is 0 Å². The summed E-state index contributed by atoms with van der Waals surface area (Å²) in [7, 11) is -1.48. The second kappa shape index (κ2) is 9.68. The summed E-state index contributed by atoms with van der Waals surface area (Å²) in [6.45, 7) is 3.87. The summed E-state index contributed by atoms with van der Waals surface area (Å²) in [5, 5.41) is 15.0. The maximum atomic E-state index is 11.7. The molecule has 1 aromatic carbocycles. The first-order valence-electron chi connectivity index (χ1n) is 9.03. The maximum absolute atomic E-state index is 11.7. The first-order chi connectivity index (χ1) is 12.9. The molecule has 154 valence electrons. The number of benzene rings is 1. The lowest BCUT2D eigenvalue weighted by Gasteiger charge is -2.16. The quantitative estimate of drug-likeness (QED) is 0.356. The number of guanidine groups is 1. The summed E-state index contributed by atoms with van der Waals surface area (Å²) in [5.74, 6) is 2.64. The minimum atomic E-state index is -3.20. The van der Waals surface area contributed by atoms with E-state index in [0.717, 1.165) is 42.2 Å². The van der Waals surface area contributed by atoms with Gasteiger partial charge in [-0.1, -0.05) is 12.1 Å². The Morgan fingerprint density at radius 2 is 1.96 bits per heavy atom. The normalized spacial score (nSPS) is 14.2. The van der Waals surface area contributed by atoms with Crippen LogP contribution in [-0.2, 0) is 35.9 Å². The van der Waals surface area contributed by atoms with E-state index in [2.05, 4.69) is 30.4 Å². The van der Waals surface area contributed by atoms with Crippen molar-refractivity contribution in [3.05, 3.63) is 41.0 Å². The number of hydrogen-bond acceptors (Lipinski definition) is 5. The first kappa shape index (κ1) is 22.6. The van der Waals surface area contributed by atoms with Crippen LogP contribution in [0.2, 0.25) is 0 Å². The third kappa shape index (κ3) is 5.43. The predicted molar refractivity (Wildman–Crippen MR) is 120 cm³/mol. The van der Waals surface area contributed by atoms with E-state index in [-0.39, 0.29) is 24.0 Å². The Bertz CT molecular complexity index is 955. The molecule has 0 spiro atoms. The molecule has 2 N–H and O–H groups in total. The smallest absolute Gasteiger partial charge is 0.191 e. The Morgan fingerprint density at radius 3 is 2.64 bits per heavy atom. The molecule has 1 aromatic heterocycles. The van der Waals surface area contributed by atoms with Crippen molar-refractivity contribution >= 4 is 39.8 Å². The van der Waals surface area contributed by atoms with E-state index in [9.17, 15) is 8.42 Å². The number of rotatable bonds is 5. The average molecular weight is 518 g/mol. The zero-order chi connectivity index (χ0) is 19.4. The van der Waals surface area contributed by atoms with Gasteiger partial charge in [-0.3, -0.25) is 4.99 Å². The summed E-state index contributed by atoms with van der Waals surface area (Å²) in [4.78, 5) is 4.60. The molecule has 2 heterocycles. The van der Waals surface area contributed by atoms with E-state index in [1.807, 2.05) is 12.1 Å². The van der Waals surface area contributed by atoms with Crippen molar-refractivity contribution in [2.24, 2.45) is 4.99 Å². The lowest BCUT2D eigenvalue weighted by atomic mass is 10.1. The highest BCUT2D eigenvalue weighted by molar-refractivity contribution is 14.0. The Hall–Kier alpha value is -1.69. The largest absolute Gasteiger partial charge is 0.352 e. The number of halogens is 1. The molecule has 0 saturated heterocycles. The van der Waals surface area contributed by atoms with Crippen molar-refractivity contribution in [3.63, 3.8) is 0 Å². The summed E-state index contributed by atoms with van der Waals surface area (Å²) >= 11 is 0. The number of aliphatic imine (C=N–C) groups is 1. The fourth-order valence-corrected chi connectivity index (χ4v) is 4.26. The molecule has 0 unspecified atom stereocenters. The summed E-state index contributed by atoms with van der Waals surface area (Å²) in [6, 6.07) is 5.35. The van der Waals surface area contributed by atoms with E-state index >= 15 is 0 Å². The van der Waals surface area contributed by atoms with Crippen molar-refractivity contribution in [3.8, 4) is 0 Å². The van der Waals surface area contributed by atoms with Gasteiger partial charge in [0.05, 0.1) is 11.4 Å². The van der Waals surface area contributed by atoms with Gasteiger partial charge in [0.15, 0.2) is 21.6 Å². The number of nitrogens with one attached hydrogen (secondary N) is 2. The van der Waals surface area contributed by atoms with Gasteiger partial charge < -0.3 is 15.2 Å². The summed E-state index contributed by atoms with van der Waals surface area (Å²) in [6.07, 6.45) is 4.55. The molecule has 0 atom stereocenters. The lowest BCUT2D eigenvalue weighted by Crippen LogP contribution is -2.37. The minimum Gasteiger partial charge on any atom is -0.352 e. The predicted octanol–water partition coefficient (Wildman–Crippen LogP) is 1.81. The van der Waals surface area contributed by atoms with E-state index in [1.165, 1.54) is 12.7 Å². The van der Waals surface area contributed by atoms with Crippen molar-refractivity contribution in [2.75, 3.05) is 13.3 Å². The van der Waals surface area contributed by atoms with Crippen molar-refractivity contribution in [2.45, 2.75) is 50.7 Å². The molecule has 0 amide bonds. The van der Waals surface area contributed by atoms with Gasteiger partial charge in [-0.05, 0) is 37.0 Å². The number of aryl methyl sites for hydroxylation is 2. The van der Waals surface area contributed by atoms with E-state index in [0.29, 0.717) is 23.9 Å². The number of sulfone groups is 1. The molecule has 1 aliphatic rings. The van der Waals surface area contributed by atoms with E-state index < -0.39 is 9.84 Å². The van der Waals surface area contributed by atoms with Crippen LogP contribution in [0.3, 0.4) is 0 Å². The molecular weight excluding hydrogens is 491 g/mol. The molecule has 0 bridgehead atoms. The van der Waals surface area contributed by atoms with Crippen LogP contribution >= 0.6 is 24.0 Å². The highest BCUT2D eigenvalue weighted by atomic mass is 127. The number of hydrogen-bond donors (Lipinski definition) is 2. The van der Waals surface area contributed by atoms with Crippen LogP contribution in [0.15, 0.2) is 28.1 Å². The molecular formula is C18H27IN6O2S. The molecule has 0 saturated carbocycles. The first-order valence-corrected chi connectivity index (χ1v) is 10.9. The van der Waals surface area contributed by atoms with Gasteiger partial charge in [0.1, 0.15) is 5.82 Å². The second-order valence-corrected chi connectivity index (χ2v) is 8.78. The molecule has 28 heavy (non-hydrogen) atoms. The molecule has 3 rings (SSSR count). The molecule has 10 heteroatoms. The second-order valence-electron chi connectivity index (χ2n) is 6.79. The van der Waals surface area contributed by atoms with Gasteiger partial charge >= 0.3 is 0 Å². The summed E-state index contributed by atoms with van der Waals surface area (Å²) in [5.41, 5.74) is 1.73. The van der Waals surface area contributed by atoms with Crippen LogP contribution in [0.1, 0.15) is 35.6 Å². The van der Waals surface area contributed by atoms with Crippen molar-refractivity contribution < 1.29 is 8.42 Å². The zero-order valence-corrected chi connectivity index (χ0v) is 19.5.